The molecule has 0 aromatic carbocycles. The molecular weight excluding hydrogens is 308 g/mol. The van der Waals surface area contributed by atoms with Crippen LogP contribution in [-0.2, 0) is 27.3 Å². The minimum Gasteiger partial charge on any atom is -0.271 e. The first-order valence-corrected chi connectivity index (χ1v) is 8.09. The van der Waals surface area contributed by atoms with E-state index in [0.29, 0.717) is 13.0 Å². The van der Waals surface area contributed by atoms with Crippen molar-refractivity contribution in [3.8, 4) is 0 Å². The maximum atomic E-state index is 10.7. The van der Waals surface area contributed by atoms with Crippen LogP contribution in [0.25, 0.3) is 0 Å². The van der Waals surface area contributed by atoms with E-state index in [2.05, 4.69) is 32.1 Å². The average Bonchev–Trinajstić information content (AvgIpc) is 2.54. The molecule has 7 heteroatoms. The van der Waals surface area contributed by atoms with Gasteiger partial charge in [0.25, 0.3) is 10.1 Å². The molecule has 0 saturated carbocycles. The van der Waals surface area contributed by atoms with Gasteiger partial charge in [0.2, 0.25) is 0 Å². The van der Waals surface area contributed by atoms with Gasteiger partial charge in [-0.3, -0.25) is 8.86 Å². The van der Waals surface area contributed by atoms with Crippen LogP contribution in [0, 0.1) is 0 Å². The summed E-state index contributed by atoms with van der Waals surface area (Å²) in [5.41, 5.74) is 1.04. The van der Waals surface area contributed by atoms with Crippen molar-refractivity contribution in [2.75, 3.05) is 12.9 Å². The molecule has 0 unspecified atom stereocenters. The average molecular weight is 325 g/mol. The summed E-state index contributed by atoms with van der Waals surface area (Å²) < 4.78 is 28.9. The van der Waals surface area contributed by atoms with Gasteiger partial charge in [0.1, 0.15) is 0 Å². The van der Waals surface area contributed by atoms with Crippen LogP contribution in [0.15, 0.2) is 10.7 Å². The summed E-state index contributed by atoms with van der Waals surface area (Å²) in [5.74, 6) is 0. The largest absolute Gasteiger partial charge is 0.271 e. The van der Waals surface area contributed by atoms with Gasteiger partial charge in [-0.1, -0.05) is 13.3 Å². The van der Waals surface area contributed by atoms with Crippen molar-refractivity contribution in [1.29, 1.82) is 0 Å². The zero-order chi connectivity index (χ0) is 12.9. The second-order valence-electron chi connectivity index (χ2n) is 3.82. The van der Waals surface area contributed by atoms with E-state index in [1.165, 1.54) is 0 Å². The van der Waals surface area contributed by atoms with Crippen LogP contribution in [0.2, 0.25) is 0 Å². The lowest BCUT2D eigenvalue weighted by molar-refractivity contribution is 0.304. The van der Waals surface area contributed by atoms with Gasteiger partial charge < -0.3 is 0 Å². The van der Waals surface area contributed by atoms with Gasteiger partial charge in [0.15, 0.2) is 0 Å². The molecule has 1 heterocycles. The van der Waals surface area contributed by atoms with E-state index in [9.17, 15) is 8.42 Å². The molecule has 0 spiro atoms. The Hall–Kier alpha value is -0.400. The van der Waals surface area contributed by atoms with Crippen molar-refractivity contribution in [1.82, 2.24) is 9.78 Å². The molecule has 0 radical (unpaired) electrons. The fourth-order valence-electron chi connectivity index (χ4n) is 1.39. The third kappa shape index (κ3) is 5.65. The van der Waals surface area contributed by atoms with Crippen LogP contribution in [-0.4, -0.2) is 31.1 Å². The highest BCUT2D eigenvalue weighted by atomic mass is 79.9. The number of aryl methyl sites for hydroxylation is 2. The van der Waals surface area contributed by atoms with Gasteiger partial charge in [-0.2, -0.15) is 13.5 Å². The van der Waals surface area contributed by atoms with Gasteiger partial charge in [-0.15, -0.1) is 0 Å². The topological polar surface area (TPSA) is 61.2 Å². The second-order valence-corrected chi connectivity index (χ2v) is 6.31. The lowest BCUT2D eigenvalue weighted by atomic mass is 10.3. The van der Waals surface area contributed by atoms with Crippen LogP contribution >= 0.6 is 15.9 Å². The Kier molecular flexibility index (Phi) is 5.61. The Morgan fingerprint density at radius 3 is 2.82 bits per heavy atom. The monoisotopic (exact) mass is 324 g/mol. The van der Waals surface area contributed by atoms with Crippen LogP contribution in [0.1, 0.15) is 25.5 Å². The first-order chi connectivity index (χ1) is 7.92. The number of nitrogens with zero attached hydrogens (tertiary/aromatic N) is 2. The van der Waals surface area contributed by atoms with Crippen molar-refractivity contribution in [3.05, 3.63) is 16.4 Å². The normalized spacial score (nSPS) is 11.9. The summed E-state index contributed by atoms with van der Waals surface area (Å²) in [6, 6.07) is 0. The molecule has 0 fully saturated rings. The molecular formula is C10H17BrN2O3S. The molecule has 0 aliphatic rings. The molecule has 0 N–H and O–H groups in total. The minimum absolute atomic E-state index is 0.194. The molecule has 17 heavy (non-hydrogen) atoms. The van der Waals surface area contributed by atoms with Gasteiger partial charge in [-0.25, -0.2) is 0 Å². The van der Waals surface area contributed by atoms with Gasteiger partial charge in [-0.05, 0) is 28.8 Å². The van der Waals surface area contributed by atoms with E-state index in [-0.39, 0.29) is 6.61 Å². The van der Waals surface area contributed by atoms with E-state index < -0.39 is 10.1 Å². The second kappa shape index (κ2) is 6.51. The molecule has 1 aromatic rings. The Morgan fingerprint density at radius 1 is 1.53 bits per heavy atom. The van der Waals surface area contributed by atoms with E-state index in [4.69, 9.17) is 0 Å². The highest BCUT2D eigenvalue weighted by molar-refractivity contribution is 9.10. The molecule has 0 bridgehead atoms. The summed E-state index contributed by atoms with van der Waals surface area (Å²) in [5, 5.41) is 4.40. The first kappa shape index (κ1) is 14.7. The standard InChI is InChI=1S/C10H17BrN2O3S/c1-3-5-10-9(11)8-13(12-10)6-4-7-16-17(2,14)15/h8H,3-7H2,1-2H3. The predicted octanol–water partition coefficient (Wildman–Crippen LogP) is 1.96. The Balaban J connectivity index is 2.39. The minimum atomic E-state index is -3.33. The molecule has 0 aliphatic heterocycles. The SMILES string of the molecule is CCCc1nn(CCCOS(C)(=O)=O)cc1Br. The lowest BCUT2D eigenvalue weighted by Gasteiger charge is -2.01. The molecule has 5 nitrogen and oxygen atoms in total. The molecule has 0 saturated heterocycles. The summed E-state index contributed by atoms with van der Waals surface area (Å²) in [7, 11) is -3.33. The Bertz CT molecular complexity index is 456. The summed E-state index contributed by atoms with van der Waals surface area (Å²) in [6.45, 7) is 2.95. The van der Waals surface area contributed by atoms with E-state index in [0.717, 1.165) is 29.3 Å². The van der Waals surface area contributed by atoms with E-state index in [1.54, 1.807) is 4.68 Å². The number of aromatic nitrogens is 2. The number of hydrogen-bond acceptors (Lipinski definition) is 4. The Labute approximate surface area is 110 Å². The third-order valence-corrected chi connectivity index (χ3v) is 3.36. The first-order valence-electron chi connectivity index (χ1n) is 5.48. The predicted molar refractivity (Wildman–Crippen MR) is 69.3 cm³/mol. The highest BCUT2D eigenvalue weighted by Crippen LogP contribution is 2.16. The molecule has 98 valence electrons. The molecule has 0 atom stereocenters. The molecule has 1 rings (SSSR count). The van der Waals surface area contributed by atoms with E-state index >= 15 is 0 Å². The zero-order valence-electron chi connectivity index (χ0n) is 10.0. The van der Waals surface area contributed by atoms with Crippen molar-refractivity contribution in [2.24, 2.45) is 0 Å². The molecule has 0 aliphatic carbocycles. The number of rotatable bonds is 7. The third-order valence-electron chi connectivity index (χ3n) is 2.10. The van der Waals surface area contributed by atoms with E-state index in [1.807, 2.05) is 6.20 Å². The summed E-state index contributed by atoms with van der Waals surface area (Å²) >= 11 is 3.45. The summed E-state index contributed by atoms with van der Waals surface area (Å²) in [6.07, 6.45) is 5.56. The van der Waals surface area contributed by atoms with Gasteiger partial charge >= 0.3 is 0 Å². The fourth-order valence-corrected chi connectivity index (χ4v) is 2.33. The van der Waals surface area contributed by atoms with Crippen molar-refractivity contribution < 1.29 is 12.6 Å². The van der Waals surface area contributed by atoms with Crippen LogP contribution in [0.4, 0.5) is 0 Å². The maximum Gasteiger partial charge on any atom is 0.264 e. The van der Waals surface area contributed by atoms with Crippen LogP contribution in [0.5, 0.6) is 0 Å². The smallest absolute Gasteiger partial charge is 0.264 e. The summed E-state index contributed by atoms with van der Waals surface area (Å²) in [4.78, 5) is 0. The van der Waals surface area contributed by atoms with Gasteiger partial charge in [0.05, 0.1) is 23.0 Å². The molecule has 1 aromatic heterocycles. The molecule has 0 amide bonds. The quantitative estimate of drug-likeness (QED) is 0.568. The van der Waals surface area contributed by atoms with Crippen LogP contribution in [0.3, 0.4) is 0 Å². The lowest BCUT2D eigenvalue weighted by Crippen LogP contribution is -2.07. The van der Waals surface area contributed by atoms with Crippen molar-refractivity contribution >= 4 is 26.0 Å². The van der Waals surface area contributed by atoms with Crippen molar-refractivity contribution in [2.45, 2.75) is 32.7 Å². The zero-order valence-corrected chi connectivity index (χ0v) is 12.4. The fraction of sp³-hybridized carbons (Fsp3) is 0.700. The highest BCUT2D eigenvalue weighted by Gasteiger charge is 2.06. The van der Waals surface area contributed by atoms with Crippen LogP contribution < -0.4 is 0 Å². The Morgan fingerprint density at radius 2 is 2.24 bits per heavy atom. The van der Waals surface area contributed by atoms with Gasteiger partial charge in [0, 0.05) is 12.7 Å². The number of hydrogen-bond donors (Lipinski definition) is 0. The maximum absolute atomic E-state index is 10.7. The van der Waals surface area contributed by atoms with Crippen molar-refractivity contribution in [3.63, 3.8) is 0 Å². The number of halogens is 1.